The molecule has 1 amide bonds. The number of likely N-dealkylation sites (tertiary alicyclic amines) is 1. The Balaban J connectivity index is 0.00000176. The molecule has 0 aromatic carbocycles. The monoisotopic (exact) mass is 340 g/mol. The van der Waals surface area contributed by atoms with Crippen molar-refractivity contribution in [2.24, 2.45) is 17.8 Å². The minimum absolute atomic E-state index is 0. The molecule has 0 bridgehead atoms. The zero-order chi connectivity index (χ0) is 15.0. The number of alkyl halides is 3. The summed E-state index contributed by atoms with van der Waals surface area (Å²) < 4.78 is 39.5. The molecule has 4 unspecified atom stereocenters. The van der Waals surface area contributed by atoms with Gasteiger partial charge in [0.15, 0.2) is 0 Å². The second-order valence-electron chi connectivity index (χ2n) is 6.72. The Kier molecular flexibility index (Phi) is 5.64. The van der Waals surface area contributed by atoms with Crippen molar-refractivity contribution in [3.63, 3.8) is 0 Å². The van der Waals surface area contributed by atoms with E-state index in [2.05, 4.69) is 5.32 Å². The van der Waals surface area contributed by atoms with Crippen molar-refractivity contribution in [3.05, 3.63) is 0 Å². The summed E-state index contributed by atoms with van der Waals surface area (Å²) >= 11 is 0. The van der Waals surface area contributed by atoms with Gasteiger partial charge in [0.25, 0.3) is 0 Å². The van der Waals surface area contributed by atoms with Gasteiger partial charge < -0.3 is 10.2 Å². The van der Waals surface area contributed by atoms with E-state index in [1.165, 1.54) is 0 Å². The van der Waals surface area contributed by atoms with Crippen LogP contribution in [0.4, 0.5) is 13.2 Å². The summed E-state index contributed by atoms with van der Waals surface area (Å²) in [6.07, 6.45) is -0.504. The number of halogens is 4. The van der Waals surface area contributed by atoms with Crippen molar-refractivity contribution < 1.29 is 18.0 Å². The van der Waals surface area contributed by atoms with Gasteiger partial charge in [-0.1, -0.05) is 12.8 Å². The first-order valence-corrected chi connectivity index (χ1v) is 8.05. The normalized spacial score (nSPS) is 35.7. The molecular formula is C15H24ClF3N2O. The van der Waals surface area contributed by atoms with Crippen molar-refractivity contribution >= 4 is 18.3 Å². The summed E-state index contributed by atoms with van der Waals surface area (Å²) in [5, 5.41) is 3.41. The zero-order valence-corrected chi connectivity index (χ0v) is 13.4. The minimum Gasteiger partial charge on any atom is -0.342 e. The van der Waals surface area contributed by atoms with Crippen LogP contribution in [0.15, 0.2) is 0 Å². The second-order valence-corrected chi connectivity index (χ2v) is 6.72. The van der Waals surface area contributed by atoms with Gasteiger partial charge in [0.05, 0.1) is 5.92 Å². The lowest BCUT2D eigenvalue weighted by molar-refractivity contribution is -0.201. The summed E-state index contributed by atoms with van der Waals surface area (Å²) in [6, 6.07) is 0.457. The molecule has 1 aliphatic carbocycles. The van der Waals surface area contributed by atoms with Gasteiger partial charge >= 0.3 is 6.18 Å². The Morgan fingerprint density at radius 2 is 1.82 bits per heavy atom. The maximum Gasteiger partial charge on any atom is 0.392 e. The number of hydrogen-bond acceptors (Lipinski definition) is 2. The number of hydrogen-bond donors (Lipinski definition) is 1. The molecule has 128 valence electrons. The van der Waals surface area contributed by atoms with E-state index in [9.17, 15) is 18.0 Å². The highest BCUT2D eigenvalue weighted by atomic mass is 35.5. The smallest absolute Gasteiger partial charge is 0.342 e. The molecule has 4 atom stereocenters. The third-order valence-electron chi connectivity index (χ3n) is 5.47. The van der Waals surface area contributed by atoms with Crippen molar-refractivity contribution in [2.75, 3.05) is 19.6 Å². The van der Waals surface area contributed by atoms with E-state index in [4.69, 9.17) is 0 Å². The summed E-state index contributed by atoms with van der Waals surface area (Å²) in [5.74, 6) is -2.10. The average Bonchev–Trinajstić information content (AvgIpc) is 2.93. The van der Waals surface area contributed by atoms with Crippen LogP contribution in [-0.4, -0.2) is 42.7 Å². The van der Waals surface area contributed by atoms with Crippen LogP contribution < -0.4 is 5.32 Å². The number of amides is 1. The van der Waals surface area contributed by atoms with Crippen LogP contribution in [0.25, 0.3) is 0 Å². The number of nitrogens with one attached hydrogen (secondary N) is 1. The average molecular weight is 341 g/mol. The Morgan fingerprint density at radius 3 is 2.55 bits per heavy atom. The summed E-state index contributed by atoms with van der Waals surface area (Å²) in [6.45, 7) is 2.21. The molecule has 3 aliphatic rings. The number of fused-ring (bicyclic) bond motifs is 1. The minimum atomic E-state index is -4.24. The molecule has 3 nitrogen and oxygen atoms in total. The van der Waals surface area contributed by atoms with Crippen LogP contribution in [0, 0.1) is 17.8 Å². The molecular weight excluding hydrogens is 317 g/mol. The van der Waals surface area contributed by atoms with E-state index in [0.29, 0.717) is 37.9 Å². The lowest BCUT2D eigenvalue weighted by Gasteiger charge is -2.40. The molecule has 2 saturated heterocycles. The van der Waals surface area contributed by atoms with Gasteiger partial charge in [-0.25, -0.2) is 0 Å². The van der Waals surface area contributed by atoms with E-state index in [0.717, 1.165) is 25.8 Å². The largest absolute Gasteiger partial charge is 0.392 e. The Morgan fingerprint density at radius 1 is 1.09 bits per heavy atom. The van der Waals surface area contributed by atoms with Gasteiger partial charge in [-0.2, -0.15) is 13.2 Å². The van der Waals surface area contributed by atoms with Gasteiger partial charge in [-0.15, -0.1) is 12.4 Å². The molecule has 0 aromatic rings. The van der Waals surface area contributed by atoms with E-state index in [-0.39, 0.29) is 24.7 Å². The van der Waals surface area contributed by atoms with Crippen LogP contribution in [0.2, 0.25) is 0 Å². The first-order valence-electron chi connectivity index (χ1n) is 8.05. The molecule has 0 aromatic heterocycles. The van der Waals surface area contributed by atoms with Gasteiger partial charge in [-0.3, -0.25) is 4.79 Å². The predicted molar refractivity (Wildman–Crippen MR) is 79.8 cm³/mol. The highest BCUT2D eigenvalue weighted by Gasteiger charge is 2.49. The molecule has 1 N–H and O–H groups in total. The van der Waals surface area contributed by atoms with Crippen LogP contribution in [-0.2, 0) is 4.79 Å². The third kappa shape index (κ3) is 3.53. The zero-order valence-electron chi connectivity index (χ0n) is 12.6. The lowest BCUT2D eigenvalue weighted by atomic mass is 9.77. The number of piperidine rings is 1. The van der Waals surface area contributed by atoms with Crippen LogP contribution in [0.1, 0.15) is 38.5 Å². The Labute approximate surface area is 135 Å². The molecule has 0 radical (unpaired) electrons. The first kappa shape index (κ1) is 17.9. The first-order chi connectivity index (χ1) is 9.97. The predicted octanol–water partition coefficient (Wildman–Crippen LogP) is 2.99. The Bertz CT molecular complexity index is 405. The number of rotatable bonds is 1. The quantitative estimate of drug-likeness (QED) is 0.796. The standard InChI is InChI=1S/C15H23F3N2O.ClH/c16-15(17,18)12-4-2-1-3-11(12)14(21)20-8-6-13-10(9-20)5-7-19-13;/h10-13,19H,1-9H2;1H. The second kappa shape index (κ2) is 6.95. The van der Waals surface area contributed by atoms with E-state index in [1.807, 2.05) is 0 Å². The fourth-order valence-electron chi connectivity index (χ4n) is 4.30. The Hall–Kier alpha value is -0.490. The van der Waals surface area contributed by atoms with Crippen molar-refractivity contribution in [1.82, 2.24) is 10.2 Å². The summed E-state index contributed by atoms with van der Waals surface area (Å²) in [5.41, 5.74) is 0. The van der Waals surface area contributed by atoms with E-state index < -0.39 is 18.0 Å². The van der Waals surface area contributed by atoms with Gasteiger partial charge in [0.1, 0.15) is 0 Å². The molecule has 3 fully saturated rings. The summed E-state index contributed by atoms with van der Waals surface area (Å²) in [4.78, 5) is 14.3. The van der Waals surface area contributed by atoms with Crippen LogP contribution in [0.5, 0.6) is 0 Å². The molecule has 22 heavy (non-hydrogen) atoms. The maximum atomic E-state index is 13.2. The maximum absolute atomic E-state index is 13.2. The van der Waals surface area contributed by atoms with Crippen molar-refractivity contribution in [2.45, 2.75) is 50.7 Å². The summed E-state index contributed by atoms with van der Waals surface area (Å²) in [7, 11) is 0. The molecule has 3 rings (SSSR count). The molecule has 2 aliphatic heterocycles. The topological polar surface area (TPSA) is 32.3 Å². The van der Waals surface area contributed by atoms with E-state index >= 15 is 0 Å². The van der Waals surface area contributed by atoms with E-state index in [1.54, 1.807) is 4.90 Å². The molecule has 7 heteroatoms. The third-order valence-corrected chi connectivity index (χ3v) is 5.47. The van der Waals surface area contributed by atoms with Crippen molar-refractivity contribution in [1.29, 1.82) is 0 Å². The van der Waals surface area contributed by atoms with Crippen LogP contribution in [0.3, 0.4) is 0 Å². The number of carbonyl (C=O) groups excluding carboxylic acids is 1. The number of carbonyl (C=O) groups is 1. The fourth-order valence-corrected chi connectivity index (χ4v) is 4.30. The fraction of sp³-hybridized carbons (Fsp3) is 0.933. The number of nitrogens with zero attached hydrogens (tertiary/aromatic N) is 1. The van der Waals surface area contributed by atoms with Crippen molar-refractivity contribution in [3.8, 4) is 0 Å². The molecule has 1 saturated carbocycles. The van der Waals surface area contributed by atoms with Gasteiger partial charge in [0.2, 0.25) is 5.91 Å². The SMILES string of the molecule is Cl.O=C(C1CCCCC1C(F)(F)F)N1CCC2NCCC2C1. The molecule has 0 spiro atoms. The molecule has 2 heterocycles. The van der Waals surface area contributed by atoms with Crippen LogP contribution >= 0.6 is 12.4 Å². The highest BCUT2D eigenvalue weighted by Crippen LogP contribution is 2.42. The van der Waals surface area contributed by atoms with Gasteiger partial charge in [0, 0.05) is 25.0 Å². The lowest BCUT2D eigenvalue weighted by Crippen LogP contribution is -2.51. The van der Waals surface area contributed by atoms with Gasteiger partial charge in [-0.05, 0) is 38.1 Å². The highest BCUT2D eigenvalue weighted by molar-refractivity contribution is 5.85.